The summed E-state index contributed by atoms with van der Waals surface area (Å²) in [7, 11) is 0. The maximum atomic E-state index is 6.65. The lowest BCUT2D eigenvalue weighted by atomic mass is 10.0. The minimum atomic E-state index is 0.545. The Balaban J connectivity index is 1.15. The van der Waals surface area contributed by atoms with Crippen LogP contribution in [0.1, 0.15) is 0 Å². The van der Waals surface area contributed by atoms with Gasteiger partial charge in [0.1, 0.15) is 22.3 Å². The zero-order valence-corrected chi connectivity index (χ0v) is 30.4. The SMILES string of the molecule is c1ccc(-c2cccc(-c3nc(-c4ccc5c(c4)oc4ccccc45)nc(-c4cc(-n5c6ccccc6c6ccccc65)cc5oc6ccccc6c45)n3)c2)cc1. The van der Waals surface area contributed by atoms with Gasteiger partial charge in [-0.3, -0.25) is 0 Å². The van der Waals surface area contributed by atoms with Gasteiger partial charge in [-0.1, -0.05) is 127 Å². The summed E-state index contributed by atoms with van der Waals surface area (Å²) in [6.07, 6.45) is 0. The lowest BCUT2D eigenvalue weighted by Gasteiger charge is -2.13. The average molecular weight is 731 g/mol. The van der Waals surface area contributed by atoms with E-state index in [0.717, 1.165) is 88.4 Å². The van der Waals surface area contributed by atoms with Gasteiger partial charge in [-0.15, -0.1) is 0 Å². The maximum Gasteiger partial charge on any atom is 0.164 e. The van der Waals surface area contributed by atoms with Gasteiger partial charge in [0, 0.05) is 55.1 Å². The zero-order chi connectivity index (χ0) is 37.5. The maximum absolute atomic E-state index is 6.65. The molecule has 8 aromatic carbocycles. The van der Waals surface area contributed by atoms with Gasteiger partial charge in [0.05, 0.1) is 16.7 Å². The number of aromatic nitrogens is 4. The molecule has 0 saturated heterocycles. The highest BCUT2D eigenvalue weighted by atomic mass is 16.3. The summed E-state index contributed by atoms with van der Waals surface area (Å²) in [5.74, 6) is 1.66. The molecule has 6 nitrogen and oxygen atoms in total. The summed E-state index contributed by atoms with van der Waals surface area (Å²) in [4.78, 5) is 15.8. The molecule has 0 unspecified atom stereocenters. The predicted octanol–water partition coefficient (Wildman–Crippen LogP) is 13.4. The Morgan fingerprint density at radius 2 is 0.877 bits per heavy atom. The van der Waals surface area contributed by atoms with Crippen LogP contribution in [0.25, 0.3) is 117 Å². The predicted molar refractivity (Wildman–Crippen MR) is 230 cm³/mol. The van der Waals surface area contributed by atoms with Gasteiger partial charge >= 0.3 is 0 Å². The second-order valence-corrected chi connectivity index (χ2v) is 14.4. The van der Waals surface area contributed by atoms with Crippen LogP contribution >= 0.6 is 0 Å². The van der Waals surface area contributed by atoms with Crippen LogP contribution in [-0.4, -0.2) is 19.5 Å². The van der Waals surface area contributed by atoms with Gasteiger partial charge in [-0.25, -0.2) is 15.0 Å². The van der Waals surface area contributed by atoms with Crippen LogP contribution in [0, 0.1) is 0 Å². The van der Waals surface area contributed by atoms with Crippen molar-refractivity contribution in [3.63, 3.8) is 0 Å². The molecular formula is C51H30N4O2. The number of hydrogen-bond donors (Lipinski definition) is 0. The van der Waals surface area contributed by atoms with E-state index in [4.69, 9.17) is 23.8 Å². The molecule has 0 aliphatic carbocycles. The Morgan fingerprint density at radius 1 is 0.333 bits per heavy atom. The van der Waals surface area contributed by atoms with E-state index in [2.05, 4.69) is 138 Å². The molecule has 0 amide bonds. The lowest BCUT2D eigenvalue weighted by molar-refractivity contribution is 0.668. The molecule has 4 aromatic heterocycles. The Hall–Kier alpha value is -7.83. The highest BCUT2D eigenvalue weighted by molar-refractivity contribution is 6.14. The molecule has 4 heterocycles. The van der Waals surface area contributed by atoms with Crippen LogP contribution in [0.3, 0.4) is 0 Å². The largest absolute Gasteiger partial charge is 0.456 e. The van der Waals surface area contributed by atoms with Crippen LogP contribution in [0.5, 0.6) is 0 Å². The van der Waals surface area contributed by atoms with E-state index >= 15 is 0 Å². The van der Waals surface area contributed by atoms with Gasteiger partial charge in [-0.2, -0.15) is 0 Å². The number of furan rings is 2. The molecule has 57 heavy (non-hydrogen) atoms. The van der Waals surface area contributed by atoms with E-state index in [0.29, 0.717) is 17.5 Å². The summed E-state index contributed by atoms with van der Waals surface area (Å²) < 4.78 is 15.3. The van der Waals surface area contributed by atoms with E-state index < -0.39 is 0 Å². The minimum absolute atomic E-state index is 0.545. The van der Waals surface area contributed by atoms with Gasteiger partial charge < -0.3 is 13.4 Å². The van der Waals surface area contributed by atoms with Crippen LogP contribution < -0.4 is 0 Å². The first kappa shape index (κ1) is 31.5. The summed E-state index contributed by atoms with van der Waals surface area (Å²) in [5.41, 5.74) is 11.1. The third-order valence-corrected chi connectivity index (χ3v) is 11.0. The molecule has 0 N–H and O–H groups in total. The normalized spacial score (nSPS) is 11.9. The van der Waals surface area contributed by atoms with Crippen LogP contribution in [-0.2, 0) is 0 Å². The number of nitrogens with zero attached hydrogens (tertiary/aromatic N) is 4. The van der Waals surface area contributed by atoms with Gasteiger partial charge in [0.2, 0.25) is 0 Å². The third-order valence-electron chi connectivity index (χ3n) is 11.0. The molecular weight excluding hydrogens is 701 g/mol. The van der Waals surface area contributed by atoms with Crippen molar-refractivity contribution in [3.05, 3.63) is 182 Å². The van der Waals surface area contributed by atoms with Gasteiger partial charge in [0.25, 0.3) is 0 Å². The number of benzene rings is 8. The van der Waals surface area contributed by atoms with Crippen molar-refractivity contribution in [2.45, 2.75) is 0 Å². The molecule has 0 radical (unpaired) electrons. The van der Waals surface area contributed by atoms with Crippen molar-refractivity contribution in [3.8, 4) is 51.0 Å². The molecule has 0 aliphatic heterocycles. The number of hydrogen-bond acceptors (Lipinski definition) is 5. The highest BCUT2D eigenvalue weighted by Crippen LogP contribution is 2.41. The van der Waals surface area contributed by atoms with Crippen LogP contribution in [0.15, 0.2) is 191 Å². The first-order valence-electron chi connectivity index (χ1n) is 19.0. The topological polar surface area (TPSA) is 69.9 Å². The van der Waals surface area contributed by atoms with E-state index in [1.165, 1.54) is 10.8 Å². The molecule has 0 aliphatic rings. The lowest BCUT2D eigenvalue weighted by Crippen LogP contribution is -2.02. The fourth-order valence-electron chi connectivity index (χ4n) is 8.43. The van der Waals surface area contributed by atoms with Gasteiger partial charge in [0.15, 0.2) is 17.5 Å². The quantitative estimate of drug-likeness (QED) is 0.176. The van der Waals surface area contributed by atoms with E-state index in [1.807, 2.05) is 48.5 Å². The molecule has 0 bridgehead atoms. The first-order chi connectivity index (χ1) is 28.2. The summed E-state index contributed by atoms with van der Waals surface area (Å²) >= 11 is 0. The number of rotatable bonds is 5. The molecule has 266 valence electrons. The highest BCUT2D eigenvalue weighted by Gasteiger charge is 2.22. The average Bonchev–Trinajstić information content (AvgIpc) is 3.95. The number of para-hydroxylation sites is 4. The molecule has 12 rings (SSSR count). The second kappa shape index (κ2) is 12.3. The van der Waals surface area contributed by atoms with Crippen molar-refractivity contribution in [1.82, 2.24) is 19.5 Å². The minimum Gasteiger partial charge on any atom is -0.456 e. The van der Waals surface area contributed by atoms with Crippen molar-refractivity contribution in [1.29, 1.82) is 0 Å². The van der Waals surface area contributed by atoms with E-state index in [-0.39, 0.29) is 0 Å². The molecule has 12 aromatic rings. The van der Waals surface area contributed by atoms with Crippen LogP contribution in [0.2, 0.25) is 0 Å². The second-order valence-electron chi connectivity index (χ2n) is 14.4. The number of fused-ring (bicyclic) bond motifs is 9. The van der Waals surface area contributed by atoms with Crippen molar-refractivity contribution in [2.24, 2.45) is 0 Å². The molecule has 6 heteroatoms. The first-order valence-corrected chi connectivity index (χ1v) is 19.0. The summed E-state index contributed by atoms with van der Waals surface area (Å²) in [6, 6.07) is 62.7. The van der Waals surface area contributed by atoms with E-state index in [1.54, 1.807) is 0 Å². The van der Waals surface area contributed by atoms with Crippen LogP contribution in [0.4, 0.5) is 0 Å². The Bertz CT molecular complexity index is 3490. The summed E-state index contributed by atoms with van der Waals surface area (Å²) in [6.45, 7) is 0. The monoisotopic (exact) mass is 730 g/mol. The Morgan fingerprint density at radius 3 is 1.63 bits per heavy atom. The molecule has 0 atom stereocenters. The Kier molecular flexibility index (Phi) is 6.83. The van der Waals surface area contributed by atoms with Crippen molar-refractivity contribution < 1.29 is 8.83 Å². The van der Waals surface area contributed by atoms with Crippen molar-refractivity contribution >= 4 is 65.7 Å². The smallest absolute Gasteiger partial charge is 0.164 e. The van der Waals surface area contributed by atoms with E-state index in [9.17, 15) is 0 Å². The fourth-order valence-corrected chi connectivity index (χ4v) is 8.43. The standard InChI is InChI=1S/C51H30N4O2/c1-2-13-31(14-3-1)32-15-12-16-33(27-32)49-52-50(34-25-26-39-38-19-6-10-23-44(38)56-46(39)28-34)54-51(53-49)41-29-35(30-47-48(41)40-20-7-11-24-45(40)57-47)55-42-21-8-4-17-36(42)37-18-5-9-22-43(37)55/h1-30H. The molecule has 0 saturated carbocycles. The van der Waals surface area contributed by atoms with Crippen molar-refractivity contribution in [2.75, 3.05) is 0 Å². The fraction of sp³-hybridized carbons (Fsp3) is 0. The molecule has 0 fully saturated rings. The van der Waals surface area contributed by atoms with Gasteiger partial charge in [-0.05, 0) is 59.7 Å². The Labute approximate surface area is 325 Å². The summed E-state index contributed by atoms with van der Waals surface area (Å²) in [5, 5.41) is 6.43. The zero-order valence-electron chi connectivity index (χ0n) is 30.4. The third kappa shape index (κ3) is 5.01. The molecule has 0 spiro atoms.